The second-order valence-electron chi connectivity index (χ2n) is 4.12. The fourth-order valence-electron chi connectivity index (χ4n) is 1.55. The lowest BCUT2D eigenvalue weighted by molar-refractivity contribution is 0.267. The first-order chi connectivity index (χ1) is 7.70. The highest BCUT2D eigenvalue weighted by molar-refractivity contribution is 5.57. The van der Waals surface area contributed by atoms with Gasteiger partial charge in [0.15, 0.2) is 5.76 Å². The Balaban J connectivity index is 2.27. The number of hydrogen-bond donors (Lipinski definition) is 1. The number of aliphatic hydroxyl groups is 1. The van der Waals surface area contributed by atoms with Crippen molar-refractivity contribution >= 4 is 0 Å². The van der Waals surface area contributed by atoms with Crippen LogP contribution in [0.4, 0.5) is 0 Å². The van der Waals surface area contributed by atoms with E-state index < -0.39 is 0 Å². The van der Waals surface area contributed by atoms with E-state index in [2.05, 4.69) is 31.1 Å². The van der Waals surface area contributed by atoms with Crippen molar-refractivity contribution in [3.05, 3.63) is 41.6 Å². The summed E-state index contributed by atoms with van der Waals surface area (Å²) in [4.78, 5) is 0. The zero-order valence-corrected chi connectivity index (χ0v) is 9.47. The molecule has 1 aromatic carbocycles. The van der Waals surface area contributed by atoms with E-state index in [0.717, 1.165) is 5.56 Å². The maximum absolute atomic E-state index is 8.89. The van der Waals surface area contributed by atoms with Gasteiger partial charge in [0.1, 0.15) is 5.69 Å². The van der Waals surface area contributed by atoms with Gasteiger partial charge in [0, 0.05) is 11.6 Å². The van der Waals surface area contributed by atoms with Crippen LogP contribution >= 0.6 is 0 Å². The summed E-state index contributed by atoms with van der Waals surface area (Å²) < 4.78 is 5.13. The van der Waals surface area contributed by atoms with Crippen molar-refractivity contribution in [3.63, 3.8) is 0 Å². The highest BCUT2D eigenvalue weighted by atomic mass is 16.5. The summed E-state index contributed by atoms with van der Waals surface area (Å²) in [5.41, 5.74) is 2.84. The van der Waals surface area contributed by atoms with Crippen molar-refractivity contribution in [2.24, 2.45) is 0 Å². The number of nitrogens with zero attached hydrogens (tertiary/aromatic N) is 1. The molecule has 0 amide bonds. The molecule has 84 valence electrons. The maximum atomic E-state index is 8.89. The van der Waals surface area contributed by atoms with Crippen molar-refractivity contribution in [1.29, 1.82) is 0 Å². The number of aromatic nitrogens is 1. The first-order valence-corrected chi connectivity index (χ1v) is 5.37. The number of rotatable bonds is 3. The molecule has 16 heavy (non-hydrogen) atoms. The van der Waals surface area contributed by atoms with Crippen molar-refractivity contribution in [2.75, 3.05) is 0 Å². The van der Waals surface area contributed by atoms with Gasteiger partial charge in [-0.2, -0.15) is 0 Å². The minimum Gasteiger partial charge on any atom is -0.390 e. The molecule has 1 N–H and O–H groups in total. The van der Waals surface area contributed by atoms with Gasteiger partial charge < -0.3 is 9.63 Å². The average Bonchev–Trinajstić information content (AvgIpc) is 2.77. The fourth-order valence-corrected chi connectivity index (χ4v) is 1.55. The Morgan fingerprint density at radius 1 is 1.25 bits per heavy atom. The minimum absolute atomic E-state index is 0.0897. The molecule has 0 aliphatic carbocycles. The van der Waals surface area contributed by atoms with Crippen LogP contribution in [0.25, 0.3) is 11.3 Å². The summed E-state index contributed by atoms with van der Waals surface area (Å²) in [5, 5.41) is 12.6. The first kappa shape index (κ1) is 10.9. The summed E-state index contributed by atoms with van der Waals surface area (Å²) in [6.45, 7) is 4.23. The number of aliphatic hydroxyl groups excluding tert-OH is 1. The van der Waals surface area contributed by atoms with Crippen LogP contribution in [0.5, 0.6) is 0 Å². The standard InChI is InChI=1S/C13H15NO2/c1-9(2)10-3-5-11(6-4-10)13-7-12(8-15)14-16-13/h3-7,9,15H,8H2,1-2H3. The SMILES string of the molecule is CC(C)c1ccc(-c2cc(CO)no2)cc1. The third kappa shape index (κ3) is 2.14. The Labute approximate surface area is 94.7 Å². The molecule has 2 rings (SSSR count). The monoisotopic (exact) mass is 217 g/mol. The van der Waals surface area contributed by atoms with E-state index in [1.54, 1.807) is 6.07 Å². The number of hydrogen-bond acceptors (Lipinski definition) is 3. The molecule has 2 aromatic rings. The quantitative estimate of drug-likeness (QED) is 0.859. The Morgan fingerprint density at radius 3 is 2.44 bits per heavy atom. The zero-order chi connectivity index (χ0) is 11.5. The van der Waals surface area contributed by atoms with Gasteiger partial charge in [-0.15, -0.1) is 0 Å². The summed E-state index contributed by atoms with van der Waals surface area (Å²) in [7, 11) is 0. The lowest BCUT2D eigenvalue weighted by Gasteiger charge is -2.04. The fraction of sp³-hybridized carbons (Fsp3) is 0.308. The molecule has 0 saturated carbocycles. The first-order valence-electron chi connectivity index (χ1n) is 5.37. The smallest absolute Gasteiger partial charge is 0.167 e. The van der Waals surface area contributed by atoms with Gasteiger partial charge in [0.25, 0.3) is 0 Å². The minimum atomic E-state index is -0.0897. The molecule has 3 nitrogen and oxygen atoms in total. The second kappa shape index (κ2) is 4.49. The van der Waals surface area contributed by atoms with E-state index in [9.17, 15) is 0 Å². The Hall–Kier alpha value is -1.61. The van der Waals surface area contributed by atoms with Gasteiger partial charge in [-0.1, -0.05) is 43.3 Å². The van der Waals surface area contributed by atoms with Crippen LogP contribution < -0.4 is 0 Å². The second-order valence-corrected chi connectivity index (χ2v) is 4.12. The normalized spacial score (nSPS) is 11.0. The van der Waals surface area contributed by atoms with Crippen molar-refractivity contribution in [2.45, 2.75) is 26.4 Å². The van der Waals surface area contributed by atoms with Gasteiger partial charge in [-0.25, -0.2) is 0 Å². The molecule has 0 fully saturated rings. The molecule has 0 saturated heterocycles. The molecular weight excluding hydrogens is 202 g/mol. The summed E-state index contributed by atoms with van der Waals surface area (Å²) in [6.07, 6.45) is 0. The van der Waals surface area contributed by atoms with E-state index >= 15 is 0 Å². The predicted molar refractivity (Wildman–Crippen MR) is 62.0 cm³/mol. The van der Waals surface area contributed by atoms with Crippen molar-refractivity contribution in [1.82, 2.24) is 5.16 Å². The van der Waals surface area contributed by atoms with E-state index in [1.165, 1.54) is 5.56 Å². The molecule has 0 aliphatic rings. The van der Waals surface area contributed by atoms with Gasteiger partial charge in [0.05, 0.1) is 6.61 Å². The molecule has 1 heterocycles. The van der Waals surface area contributed by atoms with E-state index in [0.29, 0.717) is 17.4 Å². The molecule has 3 heteroatoms. The van der Waals surface area contributed by atoms with Crippen molar-refractivity contribution < 1.29 is 9.63 Å². The van der Waals surface area contributed by atoms with Crippen LogP contribution in [-0.2, 0) is 6.61 Å². The molecule has 0 radical (unpaired) electrons. The lowest BCUT2D eigenvalue weighted by atomic mass is 10.0. The Morgan fingerprint density at radius 2 is 1.94 bits per heavy atom. The summed E-state index contributed by atoms with van der Waals surface area (Å²) in [6, 6.07) is 9.95. The molecular formula is C13H15NO2. The van der Waals surface area contributed by atoms with Crippen LogP contribution in [0.3, 0.4) is 0 Å². The van der Waals surface area contributed by atoms with E-state index in [1.807, 2.05) is 12.1 Å². The van der Waals surface area contributed by atoms with Crippen molar-refractivity contribution in [3.8, 4) is 11.3 Å². The Bertz CT molecular complexity index is 457. The Kier molecular flexibility index (Phi) is 3.06. The van der Waals surface area contributed by atoms with Gasteiger partial charge in [-0.3, -0.25) is 0 Å². The highest BCUT2D eigenvalue weighted by Crippen LogP contribution is 2.23. The summed E-state index contributed by atoms with van der Waals surface area (Å²) >= 11 is 0. The molecule has 0 atom stereocenters. The zero-order valence-electron chi connectivity index (χ0n) is 9.47. The molecule has 0 aliphatic heterocycles. The van der Waals surface area contributed by atoms with Gasteiger partial charge in [-0.05, 0) is 11.5 Å². The maximum Gasteiger partial charge on any atom is 0.167 e. The van der Waals surface area contributed by atoms with Crippen LogP contribution in [-0.4, -0.2) is 10.3 Å². The van der Waals surface area contributed by atoms with Gasteiger partial charge in [0.2, 0.25) is 0 Å². The van der Waals surface area contributed by atoms with Gasteiger partial charge >= 0.3 is 0 Å². The highest BCUT2D eigenvalue weighted by Gasteiger charge is 2.06. The third-order valence-corrected chi connectivity index (χ3v) is 2.58. The van der Waals surface area contributed by atoms with Crippen LogP contribution in [0.2, 0.25) is 0 Å². The van der Waals surface area contributed by atoms with E-state index in [-0.39, 0.29) is 6.61 Å². The van der Waals surface area contributed by atoms with Crippen LogP contribution in [0.1, 0.15) is 31.0 Å². The summed E-state index contributed by atoms with van der Waals surface area (Å²) in [5.74, 6) is 1.22. The van der Waals surface area contributed by atoms with Crippen LogP contribution in [0, 0.1) is 0 Å². The molecule has 0 spiro atoms. The van der Waals surface area contributed by atoms with Crippen LogP contribution in [0.15, 0.2) is 34.9 Å². The predicted octanol–water partition coefficient (Wildman–Crippen LogP) is 2.96. The topological polar surface area (TPSA) is 46.3 Å². The third-order valence-electron chi connectivity index (χ3n) is 2.58. The molecule has 0 unspecified atom stereocenters. The molecule has 1 aromatic heterocycles. The lowest BCUT2D eigenvalue weighted by Crippen LogP contribution is -1.86. The number of benzene rings is 1. The largest absolute Gasteiger partial charge is 0.390 e. The molecule has 0 bridgehead atoms. The average molecular weight is 217 g/mol. The van der Waals surface area contributed by atoms with E-state index in [4.69, 9.17) is 9.63 Å².